The van der Waals surface area contributed by atoms with Crippen molar-refractivity contribution in [1.29, 1.82) is 0 Å². The van der Waals surface area contributed by atoms with Gasteiger partial charge in [-0.05, 0) is 17.2 Å². The first-order valence-corrected chi connectivity index (χ1v) is 7.59. The molecule has 0 bridgehead atoms. The SMILES string of the molecule is O=C(CNc1ccccc1[N+](=O)[O-])N[C@H]1c2ccccc2C[C@@H]1O. The van der Waals surface area contributed by atoms with E-state index in [1.807, 2.05) is 24.3 Å². The molecule has 7 heteroatoms. The number of nitro groups is 1. The number of carbonyl (C=O) groups is 1. The minimum Gasteiger partial charge on any atom is -0.390 e. The third-order valence-electron chi connectivity index (χ3n) is 4.06. The van der Waals surface area contributed by atoms with E-state index in [4.69, 9.17) is 0 Å². The number of hydrogen-bond acceptors (Lipinski definition) is 5. The number of nitrogens with zero attached hydrogens (tertiary/aromatic N) is 1. The summed E-state index contributed by atoms with van der Waals surface area (Å²) in [5.74, 6) is -0.339. The molecule has 0 radical (unpaired) electrons. The van der Waals surface area contributed by atoms with E-state index in [0.717, 1.165) is 11.1 Å². The fourth-order valence-electron chi connectivity index (χ4n) is 2.93. The second-order valence-electron chi connectivity index (χ2n) is 5.64. The highest BCUT2D eigenvalue weighted by Gasteiger charge is 2.31. The molecule has 24 heavy (non-hydrogen) atoms. The molecule has 0 aliphatic heterocycles. The summed E-state index contributed by atoms with van der Waals surface area (Å²) in [4.78, 5) is 22.6. The molecule has 2 aromatic rings. The molecule has 2 atom stereocenters. The van der Waals surface area contributed by atoms with Crippen LogP contribution in [0, 0.1) is 10.1 Å². The lowest BCUT2D eigenvalue weighted by atomic mass is 10.1. The minimum atomic E-state index is -0.669. The van der Waals surface area contributed by atoms with E-state index in [2.05, 4.69) is 10.6 Å². The highest BCUT2D eigenvalue weighted by Crippen LogP contribution is 2.31. The standard InChI is InChI=1S/C17H17N3O4/c21-15-9-11-5-1-2-6-12(11)17(15)19-16(22)10-18-13-7-3-4-8-14(13)20(23)24/h1-8,15,17-18,21H,9-10H2,(H,19,22)/t15-,17-/m0/s1. The Labute approximate surface area is 138 Å². The first-order valence-electron chi connectivity index (χ1n) is 7.59. The maximum atomic E-state index is 12.2. The third-order valence-corrected chi connectivity index (χ3v) is 4.06. The van der Waals surface area contributed by atoms with Crippen molar-refractivity contribution in [3.8, 4) is 0 Å². The van der Waals surface area contributed by atoms with Gasteiger partial charge in [0.25, 0.3) is 5.69 Å². The lowest BCUT2D eigenvalue weighted by Gasteiger charge is -2.18. The maximum absolute atomic E-state index is 12.2. The zero-order valence-corrected chi connectivity index (χ0v) is 12.8. The van der Waals surface area contributed by atoms with Crippen molar-refractivity contribution in [3.63, 3.8) is 0 Å². The quantitative estimate of drug-likeness (QED) is 0.573. The fraction of sp³-hybridized carbons (Fsp3) is 0.235. The number of anilines is 1. The number of benzene rings is 2. The van der Waals surface area contributed by atoms with Crippen LogP contribution in [0.15, 0.2) is 48.5 Å². The Balaban J connectivity index is 1.64. The van der Waals surface area contributed by atoms with Gasteiger partial charge in [-0.3, -0.25) is 14.9 Å². The van der Waals surface area contributed by atoms with Crippen LogP contribution < -0.4 is 10.6 Å². The molecule has 0 unspecified atom stereocenters. The molecule has 1 aliphatic rings. The fourth-order valence-corrected chi connectivity index (χ4v) is 2.93. The summed E-state index contributed by atoms with van der Waals surface area (Å²) in [5, 5.41) is 26.6. The van der Waals surface area contributed by atoms with Gasteiger partial charge in [-0.2, -0.15) is 0 Å². The molecule has 0 saturated heterocycles. The summed E-state index contributed by atoms with van der Waals surface area (Å²) in [7, 11) is 0. The van der Waals surface area contributed by atoms with E-state index in [0.29, 0.717) is 6.42 Å². The predicted octanol–water partition coefficient (Wildman–Crippen LogP) is 1.78. The van der Waals surface area contributed by atoms with Crippen LogP contribution in [0.5, 0.6) is 0 Å². The van der Waals surface area contributed by atoms with Crippen molar-refractivity contribution in [1.82, 2.24) is 5.32 Å². The molecule has 0 saturated carbocycles. The third kappa shape index (κ3) is 3.21. The maximum Gasteiger partial charge on any atom is 0.292 e. The predicted molar refractivity (Wildman–Crippen MR) is 88.6 cm³/mol. The van der Waals surface area contributed by atoms with Gasteiger partial charge in [0.2, 0.25) is 5.91 Å². The van der Waals surface area contributed by atoms with Gasteiger partial charge in [0.1, 0.15) is 5.69 Å². The van der Waals surface area contributed by atoms with Crippen LogP contribution in [0.3, 0.4) is 0 Å². The molecular formula is C17H17N3O4. The molecule has 0 aromatic heterocycles. The topological polar surface area (TPSA) is 104 Å². The Morgan fingerprint density at radius 2 is 1.92 bits per heavy atom. The minimum absolute atomic E-state index is 0.0865. The monoisotopic (exact) mass is 327 g/mol. The summed E-state index contributed by atoms with van der Waals surface area (Å²) in [6.45, 7) is -0.115. The molecular weight excluding hydrogens is 310 g/mol. The van der Waals surface area contributed by atoms with E-state index >= 15 is 0 Å². The molecule has 1 amide bonds. The Morgan fingerprint density at radius 1 is 1.21 bits per heavy atom. The number of carbonyl (C=O) groups excluding carboxylic acids is 1. The average molecular weight is 327 g/mol. The van der Waals surface area contributed by atoms with Crippen molar-refractivity contribution in [3.05, 3.63) is 69.8 Å². The van der Waals surface area contributed by atoms with Gasteiger partial charge in [0, 0.05) is 12.5 Å². The molecule has 7 nitrogen and oxygen atoms in total. The van der Waals surface area contributed by atoms with Crippen molar-refractivity contribution in [2.45, 2.75) is 18.6 Å². The van der Waals surface area contributed by atoms with Gasteiger partial charge in [0.05, 0.1) is 23.6 Å². The Kier molecular flexibility index (Phi) is 4.43. The van der Waals surface area contributed by atoms with Gasteiger partial charge in [0.15, 0.2) is 0 Å². The molecule has 0 spiro atoms. The van der Waals surface area contributed by atoms with Crippen LogP contribution in [0.1, 0.15) is 17.2 Å². The number of para-hydroxylation sites is 2. The lowest BCUT2D eigenvalue weighted by Crippen LogP contribution is -2.37. The van der Waals surface area contributed by atoms with Gasteiger partial charge in [-0.15, -0.1) is 0 Å². The largest absolute Gasteiger partial charge is 0.390 e. The number of rotatable bonds is 5. The molecule has 0 heterocycles. The van der Waals surface area contributed by atoms with Gasteiger partial charge >= 0.3 is 0 Å². The summed E-state index contributed by atoms with van der Waals surface area (Å²) < 4.78 is 0. The number of aliphatic hydroxyl groups excluding tert-OH is 1. The zero-order chi connectivity index (χ0) is 17.1. The lowest BCUT2D eigenvalue weighted by molar-refractivity contribution is -0.383. The van der Waals surface area contributed by atoms with E-state index in [1.165, 1.54) is 6.07 Å². The average Bonchev–Trinajstić information content (AvgIpc) is 2.89. The van der Waals surface area contributed by atoms with Crippen LogP contribution in [0.4, 0.5) is 11.4 Å². The number of fused-ring (bicyclic) bond motifs is 1. The molecule has 1 aliphatic carbocycles. The Morgan fingerprint density at radius 3 is 2.71 bits per heavy atom. The van der Waals surface area contributed by atoms with Crippen LogP contribution in [-0.4, -0.2) is 28.6 Å². The van der Waals surface area contributed by atoms with Gasteiger partial charge in [-0.1, -0.05) is 36.4 Å². The normalized spacial score (nSPS) is 18.7. The highest BCUT2D eigenvalue weighted by molar-refractivity contribution is 5.82. The van der Waals surface area contributed by atoms with Crippen LogP contribution >= 0.6 is 0 Å². The van der Waals surface area contributed by atoms with Crippen LogP contribution in [-0.2, 0) is 11.2 Å². The molecule has 3 N–H and O–H groups in total. The molecule has 124 valence electrons. The highest BCUT2D eigenvalue weighted by atomic mass is 16.6. The number of amides is 1. The summed E-state index contributed by atoms with van der Waals surface area (Å²) in [6.07, 6.45) is -0.170. The van der Waals surface area contributed by atoms with Gasteiger partial charge < -0.3 is 15.7 Å². The van der Waals surface area contributed by atoms with Crippen LogP contribution in [0.25, 0.3) is 0 Å². The number of nitro benzene ring substituents is 1. The van der Waals surface area contributed by atoms with Crippen molar-refractivity contribution in [2.75, 3.05) is 11.9 Å². The molecule has 3 rings (SSSR count). The Hall–Kier alpha value is -2.93. The summed E-state index contributed by atoms with van der Waals surface area (Å²) in [6, 6.07) is 13.2. The van der Waals surface area contributed by atoms with Crippen molar-refractivity contribution < 1.29 is 14.8 Å². The second kappa shape index (κ2) is 6.67. The van der Waals surface area contributed by atoms with Crippen LogP contribution in [0.2, 0.25) is 0 Å². The number of hydrogen-bond donors (Lipinski definition) is 3. The van der Waals surface area contributed by atoms with E-state index < -0.39 is 17.1 Å². The second-order valence-corrected chi connectivity index (χ2v) is 5.64. The smallest absolute Gasteiger partial charge is 0.292 e. The van der Waals surface area contributed by atoms with E-state index in [1.54, 1.807) is 18.2 Å². The molecule has 2 aromatic carbocycles. The molecule has 0 fully saturated rings. The van der Waals surface area contributed by atoms with Crippen molar-refractivity contribution >= 4 is 17.3 Å². The van der Waals surface area contributed by atoms with Crippen molar-refractivity contribution in [2.24, 2.45) is 0 Å². The Bertz CT molecular complexity index is 778. The van der Waals surface area contributed by atoms with E-state index in [9.17, 15) is 20.0 Å². The first-order chi connectivity index (χ1) is 11.6. The number of aliphatic hydroxyl groups is 1. The number of nitrogens with one attached hydrogen (secondary N) is 2. The first kappa shape index (κ1) is 15.9. The summed E-state index contributed by atoms with van der Waals surface area (Å²) in [5.41, 5.74) is 2.12. The van der Waals surface area contributed by atoms with Gasteiger partial charge in [-0.25, -0.2) is 0 Å². The zero-order valence-electron chi connectivity index (χ0n) is 12.8. The summed E-state index contributed by atoms with van der Waals surface area (Å²) >= 11 is 0. The van der Waals surface area contributed by atoms with E-state index in [-0.39, 0.29) is 23.8 Å².